The molecule has 0 aliphatic carbocycles. The van der Waals surface area contributed by atoms with E-state index in [0.717, 1.165) is 0 Å². The fourth-order valence-electron chi connectivity index (χ4n) is 0.509. The lowest BCUT2D eigenvalue weighted by Gasteiger charge is -1.88. The van der Waals surface area contributed by atoms with Crippen LogP contribution in [0.4, 0.5) is 0 Å². The molecule has 0 aliphatic heterocycles. The van der Waals surface area contributed by atoms with Gasteiger partial charge >= 0.3 is 0 Å². The molecule has 0 fully saturated rings. The van der Waals surface area contributed by atoms with Crippen LogP contribution in [0.5, 0.6) is 0 Å². The van der Waals surface area contributed by atoms with Gasteiger partial charge in [-0.1, -0.05) is 0 Å². The van der Waals surface area contributed by atoms with Gasteiger partial charge in [0.1, 0.15) is 0 Å². The number of nitrogens with two attached hydrogens (primary N) is 4. The molecule has 1 aromatic heterocycles. The van der Waals surface area contributed by atoms with Crippen LogP contribution < -0.4 is 22.2 Å². The molecular formula is C6H12N5O2P. The molecule has 8 N–H and O–H groups in total. The summed E-state index contributed by atoms with van der Waals surface area (Å²) in [7, 11) is -3.14. The summed E-state index contributed by atoms with van der Waals surface area (Å²) in [4.78, 5) is 14.1. The maximum atomic E-state index is 10.4. The van der Waals surface area contributed by atoms with Crippen molar-refractivity contribution < 1.29 is 9.36 Å². The normalized spacial score (nSPS) is 9.93. The molecule has 0 saturated heterocycles. The summed E-state index contributed by atoms with van der Waals surface area (Å²) in [5, 5.41) is 0. The van der Waals surface area contributed by atoms with Gasteiger partial charge in [-0.15, -0.1) is 0 Å². The van der Waals surface area contributed by atoms with Gasteiger partial charge in [-0.2, -0.15) is 0 Å². The summed E-state index contributed by atoms with van der Waals surface area (Å²) >= 11 is 0. The van der Waals surface area contributed by atoms with Crippen LogP contribution in [0.3, 0.4) is 0 Å². The first-order valence-electron chi connectivity index (χ1n) is 3.46. The van der Waals surface area contributed by atoms with Gasteiger partial charge in [-0.3, -0.25) is 30.9 Å². The number of amides is 1. The number of hydrogen-bond donors (Lipinski definition) is 4. The van der Waals surface area contributed by atoms with Crippen LogP contribution in [0.2, 0.25) is 0 Å². The minimum absolute atomic E-state index is 0.442. The minimum Gasteiger partial charge on any atom is -0.366 e. The van der Waals surface area contributed by atoms with E-state index in [2.05, 4.69) is 21.5 Å². The van der Waals surface area contributed by atoms with Crippen LogP contribution in [-0.2, 0) is 4.57 Å². The average Bonchev–Trinajstić information content (AvgIpc) is 2.03. The van der Waals surface area contributed by atoms with Gasteiger partial charge in [0, 0.05) is 12.4 Å². The molecule has 1 heterocycles. The van der Waals surface area contributed by atoms with E-state index >= 15 is 0 Å². The predicted molar refractivity (Wildman–Crippen MR) is 52.9 cm³/mol. The maximum Gasteiger partial charge on any atom is 0.271 e. The first-order valence-corrected chi connectivity index (χ1v) is 5.37. The van der Waals surface area contributed by atoms with E-state index in [1.807, 2.05) is 0 Å². The zero-order valence-electron chi connectivity index (χ0n) is 7.33. The maximum absolute atomic E-state index is 10.4. The van der Waals surface area contributed by atoms with E-state index in [1.54, 1.807) is 18.3 Å². The molecule has 14 heavy (non-hydrogen) atoms. The average molecular weight is 217 g/mol. The number of pyridine rings is 1. The van der Waals surface area contributed by atoms with E-state index in [4.69, 9.17) is 5.73 Å². The van der Waals surface area contributed by atoms with Gasteiger partial charge < -0.3 is 5.73 Å². The number of carbonyl (C=O) groups is 1. The van der Waals surface area contributed by atoms with E-state index in [9.17, 15) is 9.36 Å². The molecule has 8 heteroatoms. The van der Waals surface area contributed by atoms with Crippen molar-refractivity contribution >= 4 is 13.5 Å². The first kappa shape index (κ1) is 12.7. The molecule has 1 rings (SSSR count). The summed E-state index contributed by atoms with van der Waals surface area (Å²) < 4.78 is 9.55. The third-order valence-electron chi connectivity index (χ3n) is 0.946. The van der Waals surface area contributed by atoms with Crippen LogP contribution in [0, 0.1) is 0 Å². The van der Waals surface area contributed by atoms with Crippen molar-refractivity contribution in [2.45, 2.75) is 0 Å². The van der Waals surface area contributed by atoms with Crippen LogP contribution in [0.1, 0.15) is 10.4 Å². The standard InChI is InChI=1S/C6H6N2O.H6N3OP/c7-6(9)5-2-1-3-8-4-5;1-5(2,3)4/h1-4H,(H2,7,9);(H6,1,2,3,4). The topological polar surface area (TPSA) is 151 Å². The second-order valence-corrected chi connectivity index (χ2v) is 3.90. The van der Waals surface area contributed by atoms with Crippen LogP contribution in [0.15, 0.2) is 24.5 Å². The highest BCUT2D eigenvalue weighted by atomic mass is 31.2. The molecule has 78 valence electrons. The number of nitrogens with zero attached hydrogens (tertiary/aromatic N) is 1. The van der Waals surface area contributed by atoms with Crippen LogP contribution >= 0.6 is 7.59 Å². The van der Waals surface area contributed by atoms with Crippen molar-refractivity contribution in [2.24, 2.45) is 22.2 Å². The van der Waals surface area contributed by atoms with Crippen molar-refractivity contribution in [3.05, 3.63) is 30.1 Å². The Labute approximate surface area is 81.0 Å². The summed E-state index contributed by atoms with van der Waals surface area (Å²) in [5.74, 6) is -0.442. The van der Waals surface area contributed by atoms with E-state index in [0.29, 0.717) is 5.56 Å². The number of primary amides is 1. The quantitative estimate of drug-likeness (QED) is 0.449. The highest BCUT2D eigenvalue weighted by Gasteiger charge is 1.94. The molecule has 0 unspecified atom stereocenters. The van der Waals surface area contributed by atoms with Gasteiger partial charge in [0.2, 0.25) is 5.91 Å². The molecule has 1 amide bonds. The molecule has 7 nitrogen and oxygen atoms in total. The third-order valence-corrected chi connectivity index (χ3v) is 0.946. The number of rotatable bonds is 1. The zero-order valence-corrected chi connectivity index (χ0v) is 8.22. The van der Waals surface area contributed by atoms with Gasteiger partial charge in [0.05, 0.1) is 5.56 Å². The Balaban J connectivity index is 0.000000292. The monoisotopic (exact) mass is 217 g/mol. The van der Waals surface area contributed by atoms with Gasteiger partial charge in [-0.05, 0) is 12.1 Å². The Kier molecular flexibility index (Phi) is 4.96. The van der Waals surface area contributed by atoms with E-state index in [-0.39, 0.29) is 0 Å². The Morgan fingerprint density at radius 1 is 1.36 bits per heavy atom. The molecule has 0 saturated carbocycles. The summed E-state index contributed by atoms with van der Waals surface area (Å²) in [6.07, 6.45) is 3.02. The second-order valence-electron chi connectivity index (χ2n) is 2.37. The Morgan fingerprint density at radius 2 is 1.86 bits per heavy atom. The molecule has 0 aliphatic rings. The van der Waals surface area contributed by atoms with E-state index < -0.39 is 13.5 Å². The number of carbonyl (C=O) groups excluding carboxylic acids is 1. The summed E-state index contributed by atoms with van der Waals surface area (Å²) in [6.45, 7) is 0. The lowest BCUT2D eigenvalue weighted by molar-refractivity contribution is 0.1000. The largest absolute Gasteiger partial charge is 0.366 e. The van der Waals surface area contributed by atoms with E-state index in [1.165, 1.54) is 6.20 Å². The molecule has 0 spiro atoms. The summed E-state index contributed by atoms with van der Waals surface area (Å²) in [5.41, 5.74) is 18.8. The van der Waals surface area contributed by atoms with Crippen molar-refractivity contribution in [1.29, 1.82) is 0 Å². The fourth-order valence-corrected chi connectivity index (χ4v) is 0.509. The van der Waals surface area contributed by atoms with Gasteiger partial charge in [-0.25, -0.2) is 0 Å². The second kappa shape index (κ2) is 5.46. The molecular weight excluding hydrogens is 205 g/mol. The van der Waals surface area contributed by atoms with Crippen LogP contribution in [0.25, 0.3) is 0 Å². The molecule has 1 aromatic rings. The fraction of sp³-hybridized carbons (Fsp3) is 0. The van der Waals surface area contributed by atoms with Crippen molar-refractivity contribution in [2.75, 3.05) is 0 Å². The zero-order chi connectivity index (χ0) is 11.2. The predicted octanol–water partition coefficient (Wildman–Crippen LogP) is -0.849. The molecule has 0 atom stereocenters. The first-order chi connectivity index (χ1) is 6.30. The van der Waals surface area contributed by atoms with Crippen molar-refractivity contribution in [3.8, 4) is 0 Å². The van der Waals surface area contributed by atoms with Crippen molar-refractivity contribution in [3.63, 3.8) is 0 Å². The Hall–Kier alpha value is -1.27. The molecule has 0 radical (unpaired) electrons. The van der Waals surface area contributed by atoms with Crippen molar-refractivity contribution in [1.82, 2.24) is 4.98 Å². The molecule has 0 bridgehead atoms. The lowest BCUT2D eigenvalue weighted by Crippen LogP contribution is -2.12. The third kappa shape index (κ3) is 8.82. The smallest absolute Gasteiger partial charge is 0.271 e. The highest BCUT2D eigenvalue weighted by Crippen LogP contribution is 2.06. The molecule has 0 aromatic carbocycles. The summed E-state index contributed by atoms with van der Waals surface area (Å²) in [6, 6.07) is 3.29. The SMILES string of the molecule is NC(=O)c1cccnc1.NP(N)(N)=O. The lowest BCUT2D eigenvalue weighted by atomic mass is 10.3. The highest BCUT2D eigenvalue weighted by molar-refractivity contribution is 7.56. The van der Waals surface area contributed by atoms with Gasteiger partial charge in [0.25, 0.3) is 7.59 Å². The number of hydrogen-bond acceptors (Lipinski definition) is 3. The minimum atomic E-state index is -3.14. The Morgan fingerprint density at radius 3 is 2.07 bits per heavy atom. The van der Waals surface area contributed by atoms with Gasteiger partial charge in [0.15, 0.2) is 0 Å². The number of aromatic nitrogens is 1. The van der Waals surface area contributed by atoms with Crippen LogP contribution in [-0.4, -0.2) is 10.9 Å². The Bertz CT molecular complexity index is 327.